The summed E-state index contributed by atoms with van der Waals surface area (Å²) >= 11 is 0. The molecule has 0 N–H and O–H groups in total. The average Bonchev–Trinajstić information content (AvgIpc) is 3.93. The van der Waals surface area contributed by atoms with Crippen LogP contribution in [0, 0.1) is 0 Å². The second kappa shape index (κ2) is 12.3. The van der Waals surface area contributed by atoms with Gasteiger partial charge in [0.15, 0.2) is 11.6 Å². The second-order valence-electron chi connectivity index (χ2n) is 14.4. The Balaban J connectivity index is 1.10. The normalized spacial score (nSPS) is 11.9. The number of rotatable bonds is 5. The first-order chi connectivity index (χ1) is 28.3. The zero-order chi connectivity index (χ0) is 37.5. The van der Waals surface area contributed by atoms with Gasteiger partial charge in [0.05, 0.1) is 27.6 Å². The van der Waals surface area contributed by atoms with Crippen molar-refractivity contribution in [3.8, 4) is 45.5 Å². The van der Waals surface area contributed by atoms with Crippen LogP contribution in [0.3, 0.4) is 0 Å². The van der Waals surface area contributed by atoms with Crippen LogP contribution >= 0.6 is 0 Å². The van der Waals surface area contributed by atoms with Gasteiger partial charge in [0, 0.05) is 49.6 Å². The summed E-state index contributed by atoms with van der Waals surface area (Å²) in [5, 5.41) is 6.70. The molecule has 6 heteroatoms. The largest absolute Gasteiger partial charge is 0.455 e. The molecule has 266 valence electrons. The Morgan fingerprint density at radius 1 is 0.351 bits per heavy atom. The van der Waals surface area contributed by atoms with Crippen LogP contribution in [-0.4, -0.2) is 24.1 Å². The van der Waals surface area contributed by atoms with Crippen LogP contribution in [0.4, 0.5) is 0 Å². The van der Waals surface area contributed by atoms with E-state index < -0.39 is 0 Å². The molecule has 0 spiro atoms. The van der Waals surface area contributed by atoms with E-state index >= 15 is 0 Å². The van der Waals surface area contributed by atoms with E-state index in [4.69, 9.17) is 19.4 Å². The molecule has 0 atom stereocenters. The summed E-state index contributed by atoms with van der Waals surface area (Å²) in [6.45, 7) is 0. The SMILES string of the molecule is c1ccc(-c2ccc(-c3nc(-c4cccc5c4oc4cc6c(cc45)c4ccccc4n6-c4ccccc4)nc(-n4c5ccccc5c5ccccc54)n3)cc2)cc1. The Labute approximate surface area is 326 Å². The third-order valence-corrected chi connectivity index (χ3v) is 11.2. The molecule has 0 saturated carbocycles. The Hall–Kier alpha value is -7.83. The maximum atomic E-state index is 6.89. The predicted octanol–water partition coefficient (Wildman–Crippen LogP) is 13.0. The molecule has 0 bridgehead atoms. The number of fused-ring (bicyclic) bond motifs is 9. The number of hydrogen-bond donors (Lipinski definition) is 0. The summed E-state index contributed by atoms with van der Waals surface area (Å²) in [6, 6.07) is 65.5. The molecule has 0 aliphatic rings. The van der Waals surface area contributed by atoms with Gasteiger partial charge in [-0.2, -0.15) is 9.97 Å². The summed E-state index contributed by atoms with van der Waals surface area (Å²) in [6.07, 6.45) is 0. The highest BCUT2D eigenvalue weighted by atomic mass is 16.3. The van der Waals surface area contributed by atoms with E-state index in [-0.39, 0.29) is 0 Å². The van der Waals surface area contributed by atoms with E-state index in [0.29, 0.717) is 17.6 Å². The van der Waals surface area contributed by atoms with E-state index in [2.05, 4.69) is 191 Å². The molecule has 0 aliphatic carbocycles. The molecule has 0 amide bonds. The molecule has 0 saturated heterocycles. The van der Waals surface area contributed by atoms with E-state index in [9.17, 15) is 0 Å². The summed E-state index contributed by atoms with van der Waals surface area (Å²) in [4.78, 5) is 15.7. The Bertz CT molecular complexity index is 3450. The molecular weight excluding hydrogens is 699 g/mol. The van der Waals surface area contributed by atoms with Crippen molar-refractivity contribution in [1.29, 1.82) is 0 Å². The van der Waals surface area contributed by atoms with Gasteiger partial charge in [0.25, 0.3) is 0 Å². The van der Waals surface area contributed by atoms with Crippen LogP contribution in [0.1, 0.15) is 0 Å². The smallest absolute Gasteiger partial charge is 0.238 e. The number of benzene rings is 8. The monoisotopic (exact) mass is 729 g/mol. The van der Waals surface area contributed by atoms with Crippen molar-refractivity contribution in [2.75, 3.05) is 0 Å². The lowest BCUT2D eigenvalue weighted by molar-refractivity contribution is 0.670. The molecule has 0 unspecified atom stereocenters. The van der Waals surface area contributed by atoms with Crippen LogP contribution in [0.2, 0.25) is 0 Å². The molecule has 12 aromatic rings. The van der Waals surface area contributed by atoms with E-state index in [1.54, 1.807) is 0 Å². The first-order valence-electron chi connectivity index (χ1n) is 19.1. The standard InChI is InChI=1S/C51H31N5O/c1-3-14-32(15-4-1)33-26-28-34(29-27-33)49-52-50(54-51(53-49)56-44-24-11-7-18-36(44)37-19-8-12-25-45(37)56)40-22-13-21-39-42-30-41-38-20-9-10-23-43(38)55(35-16-5-2-6-17-35)46(41)31-47(42)57-48(39)40/h1-31H. The summed E-state index contributed by atoms with van der Waals surface area (Å²) < 4.78 is 11.4. The van der Waals surface area contributed by atoms with E-state index in [1.165, 1.54) is 10.8 Å². The van der Waals surface area contributed by atoms with Gasteiger partial charge in [-0.3, -0.25) is 4.57 Å². The number of furan rings is 1. The van der Waals surface area contributed by atoms with Crippen molar-refractivity contribution in [1.82, 2.24) is 24.1 Å². The Morgan fingerprint density at radius 3 is 1.60 bits per heavy atom. The number of para-hydroxylation sites is 5. The fourth-order valence-electron chi connectivity index (χ4n) is 8.59. The molecule has 0 fully saturated rings. The van der Waals surface area contributed by atoms with E-state index in [1.807, 2.05) is 6.07 Å². The van der Waals surface area contributed by atoms with Crippen molar-refractivity contribution in [2.24, 2.45) is 0 Å². The minimum atomic E-state index is 0.539. The van der Waals surface area contributed by atoms with Crippen LogP contribution in [0.15, 0.2) is 192 Å². The number of aromatic nitrogens is 5. The van der Waals surface area contributed by atoms with Crippen molar-refractivity contribution in [3.05, 3.63) is 188 Å². The van der Waals surface area contributed by atoms with E-state index in [0.717, 1.165) is 82.7 Å². The first-order valence-corrected chi connectivity index (χ1v) is 19.1. The average molecular weight is 730 g/mol. The summed E-state index contributed by atoms with van der Waals surface area (Å²) in [5.41, 5.74) is 10.9. The Morgan fingerprint density at radius 2 is 0.895 bits per heavy atom. The highest BCUT2D eigenvalue weighted by Crippen LogP contribution is 2.41. The molecule has 12 rings (SSSR count). The van der Waals surface area contributed by atoms with Gasteiger partial charge in [-0.25, -0.2) is 4.98 Å². The fourth-order valence-corrected chi connectivity index (χ4v) is 8.59. The second-order valence-corrected chi connectivity index (χ2v) is 14.4. The lowest BCUT2D eigenvalue weighted by atomic mass is 10.0. The van der Waals surface area contributed by atoms with Gasteiger partial charge in [0.2, 0.25) is 5.95 Å². The van der Waals surface area contributed by atoms with Crippen molar-refractivity contribution in [3.63, 3.8) is 0 Å². The van der Waals surface area contributed by atoms with Crippen LogP contribution in [0.25, 0.3) is 111 Å². The quantitative estimate of drug-likeness (QED) is 0.177. The van der Waals surface area contributed by atoms with Crippen molar-refractivity contribution < 1.29 is 4.42 Å². The third-order valence-electron chi connectivity index (χ3n) is 11.2. The topological polar surface area (TPSA) is 61.7 Å². The molecule has 6 nitrogen and oxygen atoms in total. The van der Waals surface area contributed by atoms with Crippen molar-refractivity contribution >= 4 is 65.6 Å². The first kappa shape index (κ1) is 31.5. The molecular formula is C51H31N5O. The fraction of sp³-hybridized carbons (Fsp3) is 0. The molecule has 57 heavy (non-hydrogen) atoms. The highest BCUT2D eigenvalue weighted by molar-refractivity contribution is 6.18. The minimum Gasteiger partial charge on any atom is -0.455 e. The minimum absolute atomic E-state index is 0.539. The lowest BCUT2D eigenvalue weighted by Gasteiger charge is -2.11. The summed E-state index contributed by atoms with van der Waals surface area (Å²) in [7, 11) is 0. The van der Waals surface area contributed by atoms with Gasteiger partial charge in [0.1, 0.15) is 11.2 Å². The maximum absolute atomic E-state index is 6.89. The predicted molar refractivity (Wildman–Crippen MR) is 232 cm³/mol. The maximum Gasteiger partial charge on any atom is 0.238 e. The summed E-state index contributed by atoms with van der Waals surface area (Å²) in [5.74, 6) is 1.66. The molecule has 8 aromatic carbocycles. The number of hydrogen-bond acceptors (Lipinski definition) is 4. The molecule has 0 aliphatic heterocycles. The van der Waals surface area contributed by atoms with Gasteiger partial charge in [-0.1, -0.05) is 140 Å². The van der Waals surface area contributed by atoms with Gasteiger partial charge in [-0.05, 0) is 53.6 Å². The van der Waals surface area contributed by atoms with Gasteiger partial charge >= 0.3 is 0 Å². The Kier molecular flexibility index (Phi) is 6.83. The molecule has 0 radical (unpaired) electrons. The number of nitrogens with zero attached hydrogens (tertiary/aromatic N) is 5. The zero-order valence-corrected chi connectivity index (χ0v) is 30.5. The lowest BCUT2D eigenvalue weighted by Crippen LogP contribution is -2.06. The third kappa shape index (κ3) is 4.87. The molecule has 4 heterocycles. The van der Waals surface area contributed by atoms with Gasteiger partial charge in [-0.15, -0.1) is 0 Å². The van der Waals surface area contributed by atoms with Crippen LogP contribution in [-0.2, 0) is 0 Å². The van der Waals surface area contributed by atoms with Gasteiger partial charge < -0.3 is 8.98 Å². The van der Waals surface area contributed by atoms with Crippen LogP contribution < -0.4 is 0 Å². The van der Waals surface area contributed by atoms with Crippen molar-refractivity contribution in [2.45, 2.75) is 0 Å². The van der Waals surface area contributed by atoms with Crippen LogP contribution in [0.5, 0.6) is 0 Å². The zero-order valence-electron chi connectivity index (χ0n) is 30.5. The molecule has 4 aromatic heterocycles. The highest BCUT2D eigenvalue weighted by Gasteiger charge is 2.22.